The van der Waals surface area contributed by atoms with Gasteiger partial charge in [0.25, 0.3) is 0 Å². The summed E-state index contributed by atoms with van der Waals surface area (Å²) in [5, 5.41) is 17.0. The van der Waals surface area contributed by atoms with Crippen molar-refractivity contribution in [1.82, 2.24) is 15.0 Å². The number of fused-ring (bicyclic) bond motifs is 1. The number of methoxy groups -OCH3 is 1. The van der Waals surface area contributed by atoms with Crippen LogP contribution in [0.15, 0.2) is 24.3 Å². The van der Waals surface area contributed by atoms with E-state index in [2.05, 4.69) is 15.6 Å². The molecule has 2 unspecified atom stereocenters. The Kier molecular flexibility index (Phi) is 8.39. The number of aliphatic hydroxyl groups is 1. The lowest BCUT2D eigenvalue weighted by Crippen LogP contribution is -2.20. The number of nitrogen functional groups attached to an aromatic ring is 1. The molecule has 1 aromatic carbocycles. The van der Waals surface area contributed by atoms with Gasteiger partial charge in [-0.2, -0.15) is 9.97 Å². The molecular formula is C22H32N6O2S. The maximum atomic E-state index is 9.47. The molecule has 0 radical (unpaired) electrons. The van der Waals surface area contributed by atoms with Crippen molar-refractivity contribution in [3.63, 3.8) is 0 Å². The highest BCUT2D eigenvalue weighted by Gasteiger charge is 2.27. The molecule has 4 rings (SSSR count). The number of hydrogen-bond donors (Lipinski definition) is 4. The lowest BCUT2D eigenvalue weighted by Gasteiger charge is -2.18. The molecule has 31 heavy (non-hydrogen) atoms. The molecule has 2 atom stereocenters. The van der Waals surface area contributed by atoms with Gasteiger partial charge in [-0.3, -0.25) is 0 Å². The van der Waals surface area contributed by atoms with Crippen LogP contribution in [0.5, 0.6) is 0 Å². The summed E-state index contributed by atoms with van der Waals surface area (Å²) in [6.45, 7) is 5.36. The van der Waals surface area contributed by atoms with Crippen LogP contribution in [0.4, 0.5) is 17.6 Å². The molecule has 3 aromatic rings. The number of benzene rings is 1. The highest BCUT2D eigenvalue weighted by atomic mass is 32.1. The minimum absolute atomic E-state index is 0.221. The number of nitrogens with one attached hydrogen (secondary N) is 2. The van der Waals surface area contributed by atoms with E-state index >= 15 is 0 Å². The maximum absolute atomic E-state index is 9.47. The van der Waals surface area contributed by atoms with Crippen molar-refractivity contribution in [2.75, 3.05) is 43.2 Å². The molecular weight excluding hydrogens is 412 g/mol. The van der Waals surface area contributed by atoms with Crippen molar-refractivity contribution >= 4 is 39.1 Å². The zero-order valence-electron chi connectivity index (χ0n) is 18.4. The van der Waals surface area contributed by atoms with Crippen LogP contribution >= 0.6 is 11.3 Å². The molecule has 0 bridgehead atoms. The molecule has 0 spiro atoms. The average Bonchev–Trinajstić information content (AvgIpc) is 3.41. The number of anilines is 3. The van der Waals surface area contributed by atoms with Crippen LogP contribution in [0, 0.1) is 5.92 Å². The monoisotopic (exact) mass is 444 g/mol. The van der Waals surface area contributed by atoms with Crippen molar-refractivity contribution in [3.05, 3.63) is 24.3 Å². The Morgan fingerprint density at radius 2 is 2.00 bits per heavy atom. The topological polar surface area (TPSA) is 118 Å². The normalized spacial score (nSPS) is 17.9. The molecule has 0 aliphatic heterocycles. The van der Waals surface area contributed by atoms with E-state index in [-0.39, 0.29) is 12.6 Å². The van der Waals surface area contributed by atoms with E-state index in [9.17, 15) is 5.11 Å². The lowest BCUT2D eigenvalue weighted by atomic mass is 10.1. The third kappa shape index (κ3) is 5.61. The van der Waals surface area contributed by atoms with Crippen molar-refractivity contribution in [1.29, 1.82) is 0 Å². The van der Waals surface area contributed by atoms with Crippen molar-refractivity contribution in [2.45, 2.75) is 39.2 Å². The fourth-order valence-electron chi connectivity index (χ4n) is 3.68. The molecule has 0 amide bonds. The summed E-state index contributed by atoms with van der Waals surface area (Å²) in [4.78, 5) is 13.9. The summed E-state index contributed by atoms with van der Waals surface area (Å²) in [6.07, 6.45) is 2.90. The number of para-hydroxylation sites is 1. The molecule has 8 nitrogen and oxygen atoms in total. The first-order valence-electron chi connectivity index (χ1n) is 10.8. The average molecular weight is 445 g/mol. The van der Waals surface area contributed by atoms with Crippen LogP contribution in [0.3, 0.4) is 0 Å². The summed E-state index contributed by atoms with van der Waals surface area (Å²) in [7, 11) is 1.65. The molecule has 5 N–H and O–H groups in total. The van der Waals surface area contributed by atoms with Gasteiger partial charge in [-0.1, -0.05) is 26.0 Å². The zero-order valence-corrected chi connectivity index (χ0v) is 19.2. The second-order valence-electron chi connectivity index (χ2n) is 7.27. The molecule has 1 fully saturated rings. The predicted octanol–water partition coefficient (Wildman–Crippen LogP) is 3.99. The molecule has 9 heteroatoms. The third-order valence-electron chi connectivity index (χ3n) is 5.17. The number of thiazole rings is 1. The first kappa shape index (κ1) is 23.2. The lowest BCUT2D eigenvalue weighted by molar-refractivity contribution is 0.210. The number of hydrogen-bond acceptors (Lipinski definition) is 9. The SMILES string of the molecule is CC.COCCNc1nc(N)c(-c2nc3ccccc3s2)c(NC2CCC(CO)C2)n1. The Morgan fingerprint density at radius 1 is 1.19 bits per heavy atom. The van der Waals surface area contributed by atoms with Crippen LogP contribution in [0.2, 0.25) is 0 Å². The Bertz CT molecular complexity index is 947. The summed E-state index contributed by atoms with van der Waals surface area (Å²) in [6, 6.07) is 8.25. The van der Waals surface area contributed by atoms with Crippen LogP contribution in [-0.4, -0.2) is 53.0 Å². The van der Waals surface area contributed by atoms with Gasteiger partial charge in [-0.05, 0) is 37.3 Å². The second kappa shape index (κ2) is 11.2. The quantitative estimate of drug-likeness (QED) is 0.385. The van der Waals surface area contributed by atoms with Gasteiger partial charge in [0.2, 0.25) is 5.95 Å². The van der Waals surface area contributed by atoms with E-state index in [1.165, 1.54) is 0 Å². The zero-order chi connectivity index (χ0) is 22.2. The number of aromatic nitrogens is 3. The molecule has 2 aromatic heterocycles. The standard InChI is InChI=1S/C20H26N6O2S.C2H6/c1-28-9-8-22-20-25-17(21)16(19-24-14-4-2-3-5-15(14)29-19)18(26-20)23-13-7-6-12(10-13)11-27;1-2/h2-5,12-13,27H,6-11H2,1H3,(H4,21,22,23,25,26);1-2H3. The second-order valence-corrected chi connectivity index (χ2v) is 8.30. The molecule has 1 aliphatic carbocycles. The van der Waals surface area contributed by atoms with Crippen molar-refractivity contribution in [3.8, 4) is 10.6 Å². The van der Waals surface area contributed by atoms with Gasteiger partial charge in [0.15, 0.2) is 0 Å². The summed E-state index contributed by atoms with van der Waals surface area (Å²) < 4.78 is 6.18. The Balaban J connectivity index is 0.00000132. The summed E-state index contributed by atoms with van der Waals surface area (Å²) >= 11 is 1.58. The highest BCUT2D eigenvalue weighted by molar-refractivity contribution is 7.21. The Morgan fingerprint density at radius 3 is 2.71 bits per heavy atom. The maximum Gasteiger partial charge on any atom is 0.226 e. The minimum Gasteiger partial charge on any atom is -0.396 e. The van der Waals surface area contributed by atoms with Crippen LogP contribution in [0.25, 0.3) is 20.8 Å². The van der Waals surface area contributed by atoms with Gasteiger partial charge >= 0.3 is 0 Å². The van der Waals surface area contributed by atoms with Gasteiger partial charge in [0.1, 0.15) is 16.6 Å². The number of aliphatic hydroxyl groups excluding tert-OH is 1. The smallest absolute Gasteiger partial charge is 0.226 e. The predicted molar refractivity (Wildman–Crippen MR) is 129 cm³/mol. The van der Waals surface area contributed by atoms with Gasteiger partial charge in [0, 0.05) is 26.3 Å². The Labute approximate surface area is 187 Å². The molecule has 1 aliphatic rings. The third-order valence-corrected chi connectivity index (χ3v) is 6.23. The van der Waals surface area contributed by atoms with Crippen molar-refractivity contribution < 1.29 is 9.84 Å². The first-order valence-corrected chi connectivity index (χ1v) is 11.6. The summed E-state index contributed by atoms with van der Waals surface area (Å²) in [5.74, 6) is 1.86. The fraction of sp³-hybridized carbons (Fsp3) is 0.500. The van der Waals surface area contributed by atoms with E-state index < -0.39 is 0 Å². The minimum atomic E-state index is 0.221. The van der Waals surface area contributed by atoms with Crippen LogP contribution in [0.1, 0.15) is 33.1 Å². The van der Waals surface area contributed by atoms with E-state index in [1.807, 2.05) is 38.1 Å². The number of ether oxygens (including phenoxy) is 1. The molecule has 2 heterocycles. The van der Waals surface area contributed by atoms with Gasteiger partial charge in [-0.25, -0.2) is 4.98 Å². The van der Waals surface area contributed by atoms with Gasteiger partial charge in [-0.15, -0.1) is 11.3 Å². The van der Waals surface area contributed by atoms with Crippen LogP contribution in [-0.2, 0) is 4.74 Å². The summed E-state index contributed by atoms with van der Waals surface area (Å²) in [5.41, 5.74) is 8.04. The molecule has 0 saturated heterocycles. The fourth-order valence-corrected chi connectivity index (χ4v) is 4.70. The van der Waals surface area contributed by atoms with E-state index in [0.717, 1.165) is 40.1 Å². The van der Waals surface area contributed by atoms with Gasteiger partial charge in [0.05, 0.1) is 22.4 Å². The van der Waals surface area contributed by atoms with Gasteiger partial charge < -0.3 is 26.2 Å². The van der Waals surface area contributed by atoms with E-state index in [0.29, 0.717) is 36.7 Å². The van der Waals surface area contributed by atoms with Crippen LogP contribution < -0.4 is 16.4 Å². The van der Waals surface area contributed by atoms with E-state index in [1.54, 1.807) is 18.4 Å². The molecule has 168 valence electrons. The number of nitrogens with zero attached hydrogens (tertiary/aromatic N) is 3. The van der Waals surface area contributed by atoms with Crippen molar-refractivity contribution in [2.24, 2.45) is 5.92 Å². The number of nitrogens with two attached hydrogens (primary N) is 1. The van der Waals surface area contributed by atoms with E-state index in [4.69, 9.17) is 20.4 Å². The molecule has 1 saturated carbocycles. The largest absolute Gasteiger partial charge is 0.396 e. The highest BCUT2D eigenvalue weighted by Crippen LogP contribution is 2.39. The number of rotatable bonds is 8. The first-order chi connectivity index (χ1) is 15.2. The Hall–Kier alpha value is -2.49.